The van der Waals surface area contributed by atoms with Crippen molar-refractivity contribution in [2.45, 2.75) is 38.3 Å². The minimum absolute atomic E-state index is 0.0847. The first-order valence-electron chi connectivity index (χ1n) is 7.48. The number of nitrogens with one attached hydrogen (secondary N) is 2. The molecule has 2 aliphatic heterocycles. The predicted octanol–water partition coefficient (Wildman–Crippen LogP) is 1.95. The van der Waals surface area contributed by atoms with Crippen LogP contribution < -0.4 is 10.6 Å². The van der Waals surface area contributed by atoms with Crippen LogP contribution in [0.1, 0.15) is 25.3 Å². The van der Waals surface area contributed by atoms with Crippen LogP contribution in [0, 0.1) is 5.92 Å². The van der Waals surface area contributed by atoms with Gasteiger partial charge in [0, 0.05) is 18.8 Å². The summed E-state index contributed by atoms with van der Waals surface area (Å²) in [5.74, 6) is 0.606. The van der Waals surface area contributed by atoms with Gasteiger partial charge in [-0.1, -0.05) is 18.2 Å². The van der Waals surface area contributed by atoms with Crippen molar-refractivity contribution in [1.82, 2.24) is 5.32 Å². The lowest BCUT2D eigenvalue weighted by Crippen LogP contribution is -2.42. The van der Waals surface area contributed by atoms with Gasteiger partial charge in [0.1, 0.15) is 0 Å². The summed E-state index contributed by atoms with van der Waals surface area (Å²) in [5, 5.41) is 6.45. The summed E-state index contributed by atoms with van der Waals surface area (Å²) < 4.78 is 5.57. The molecule has 2 N–H and O–H groups in total. The SMILES string of the molecule is CC1OCCC1CNC1CCc2ccccc2NC1=O. The number of carbonyl (C=O) groups is 1. The molecular formula is C16H22N2O2. The van der Waals surface area contributed by atoms with Gasteiger partial charge in [-0.05, 0) is 43.7 Å². The van der Waals surface area contributed by atoms with Crippen molar-refractivity contribution < 1.29 is 9.53 Å². The summed E-state index contributed by atoms with van der Waals surface area (Å²) in [7, 11) is 0. The van der Waals surface area contributed by atoms with Crippen LogP contribution in [0.4, 0.5) is 5.69 Å². The summed E-state index contributed by atoms with van der Waals surface area (Å²) in [6.45, 7) is 3.81. The summed E-state index contributed by atoms with van der Waals surface area (Å²) in [4.78, 5) is 12.3. The number of ether oxygens (including phenoxy) is 1. The van der Waals surface area contributed by atoms with Crippen molar-refractivity contribution in [2.24, 2.45) is 5.92 Å². The Bertz CT molecular complexity index is 489. The number of aryl methyl sites for hydroxylation is 1. The summed E-state index contributed by atoms with van der Waals surface area (Å²) >= 11 is 0. The van der Waals surface area contributed by atoms with Gasteiger partial charge in [0.05, 0.1) is 12.1 Å². The number of para-hydroxylation sites is 1. The minimum atomic E-state index is -0.102. The smallest absolute Gasteiger partial charge is 0.241 e. The van der Waals surface area contributed by atoms with Crippen LogP contribution in [-0.2, 0) is 16.0 Å². The molecule has 0 radical (unpaired) electrons. The van der Waals surface area contributed by atoms with Gasteiger partial charge in [-0.15, -0.1) is 0 Å². The molecule has 1 amide bonds. The van der Waals surface area contributed by atoms with Gasteiger partial charge in [0.2, 0.25) is 5.91 Å². The van der Waals surface area contributed by atoms with E-state index in [-0.39, 0.29) is 11.9 Å². The average molecular weight is 274 g/mol. The van der Waals surface area contributed by atoms with Crippen LogP contribution in [-0.4, -0.2) is 31.2 Å². The molecule has 1 saturated heterocycles. The zero-order valence-electron chi connectivity index (χ0n) is 11.9. The van der Waals surface area contributed by atoms with Crippen LogP contribution in [0.5, 0.6) is 0 Å². The van der Waals surface area contributed by atoms with Crippen molar-refractivity contribution >= 4 is 11.6 Å². The maximum atomic E-state index is 12.3. The summed E-state index contributed by atoms with van der Waals surface area (Å²) in [6.07, 6.45) is 3.17. The van der Waals surface area contributed by atoms with Crippen LogP contribution in [0.15, 0.2) is 24.3 Å². The third kappa shape index (κ3) is 2.86. The first-order valence-corrected chi connectivity index (χ1v) is 7.48. The van der Waals surface area contributed by atoms with E-state index >= 15 is 0 Å². The monoisotopic (exact) mass is 274 g/mol. The second-order valence-electron chi connectivity index (χ2n) is 5.77. The topological polar surface area (TPSA) is 50.4 Å². The Kier molecular flexibility index (Phi) is 4.03. The van der Waals surface area contributed by atoms with Crippen molar-refractivity contribution in [3.8, 4) is 0 Å². The van der Waals surface area contributed by atoms with Crippen molar-refractivity contribution in [3.63, 3.8) is 0 Å². The fourth-order valence-corrected chi connectivity index (χ4v) is 3.04. The van der Waals surface area contributed by atoms with E-state index in [0.29, 0.717) is 12.0 Å². The summed E-state index contributed by atoms with van der Waals surface area (Å²) in [5.41, 5.74) is 2.18. The van der Waals surface area contributed by atoms with E-state index in [2.05, 4.69) is 23.6 Å². The third-order valence-corrected chi connectivity index (χ3v) is 4.45. The third-order valence-electron chi connectivity index (χ3n) is 4.45. The standard InChI is InChI=1S/C16H22N2O2/c1-11-13(8-9-20-11)10-17-15-7-6-12-4-2-3-5-14(12)18-16(15)19/h2-5,11,13,15,17H,6-10H2,1H3,(H,18,19). The number of benzene rings is 1. The van der Waals surface area contributed by atoms with Gasteiger partial charge < -0.3 is 15.4 Å². The molecule has 2 heterocycles. The van der Waals surface area contributed by atoms with Crippen LogP contribution >= 0.6 is 0 Å². The molecule has 2 aliphatic rings. The van der Waals surface area contributed by atoms with E-state index in [1.54, 1.807) is 0 Å². The van der Waals surface area contributed by atoms with E-state index in [0.717, 1.165) is 38.1 Å². The molecule has 1 aromatic rings. The van der Waals surface area contributed by atoms with E-state index in [1.165, 1.54) is 5.56 Å². The Morgan fingerprint density at radius 2 is 2.20 bits per heavy atom. The first-order chi connectivity index (χ1) is 9.74. The van der Waals surface area contributed by atoms with E-state index in [9.17, 15) is 4.79 Å². The van der Waals surface area contributed by atoms with Gasteiger partial charge in [-0.25, -0.2) is 0 Å². The lowest BCUT2D eigenvalue weighted by molar-refractivity contribution is -0.118. The number of amides is 1. The number of carbonyl (C=O) groups excluding carboxylic acids is 1. The Hall–Kier alpha value is -1.39. The normalized spacial score (nSPS) is 29.6. The molecule has 1 fully saturated rings. The van der Waals surface area contributed by atoms with Crippen molar-refractivity contribution in [1.29, 1.82) is 0 Å². The Balaban J connectivity index is 1.60. The molecule has 0 aromatic heterocycles. The second kappa shape index (κ2) is 5.94. The van der Waals surface area contributed by atoms with Crippen molar-refractivity contribution in [3.05, 3.63) is 29.8 Å². The van der Waals surface area contributed by atoms with Crippen LogP contribution in [0.25, 0.3) is 0 Å². The Labute approximate surface area is 119 Å². The number of hydrogen-bond acceptors (Lipinski definition) is 3. The quantitative estimate of drug-likeness (QED) is 0.886. The van der Waals surface area contributed by atoms with E-state index in [4.69, 9.17) is 4.74 Å². The average Bonchev–Trinajstić information content (AvgIpc) is 2.78. The van der Waals surface area contributed by atoms with E-state index < -0.39 is 0 Å². The zero-order valence-corrected chi connectivity index (χ0v) is 11.9. The minimum Gasteiger partial charge on any atom is -0.378 e. The summed E-state index contributed by atoms with van der Waals surface area (Å²) in [6, 6.07) is 7.95. The Morgan fingerprint density at radius 3 is 3.00 bits per heavy atom. The Morgan fingerprint density at radius 1 is 1.35 bits per heavy atom. The molecule has 0 spiro atoms. The molecule has 4 nitrogen and oxygen atoms in total. The fourth-order valence-electron chi connectivity index (χ4n) is 3.04. The number of fused-ring (bicyclic) bond motifs is 1. The molecule has 0 saturated carbocycles. The van der Waals surface area contributed by atoms with Gasteiger partial charge >= 0.3 is 0 Å². The highest BCUT2D eigenvalue weighted by Crippen LogP contribution is 2.23. The molecule has 3 rings (SSSR count). The van der Waals surface area contributed by atoms with Gasteiger partial charge in [0.25, 0.3) is 0 Å². The first kappa shape index (κ1) is 13.6. The molecule has 3 atom stereocenters. The zero-order chi connectivity index (χ0) is 13.9. The fraction of sp³-hybridized carbons (Fsp3) is 0.562. The molecule has 0 aliphatic carbocycles. The number of rotatable bonds is 3. The highest BCUT2D eigenvalue weighted by molar-refractivity contribution is 5.96. The molecule has 1 aromatic carbocycles. The second-order valence-corrected chi connectivity index (χ2v) is 5.77. The van der Waals surface area contributed by atoms with Crippen LogP contribution in [0.3, 0.4) is 0 Å². The molecule has 20 heavy (non-hydrogen) atoms. The lowest BCUT2D eigenvalue weighted by Gasteiger charge is -2.20. The largest absolute Gasteiger partial charge is 0.378 e. The number of anilines is 1. The van der Waals surface area contributed by atoms with Gasteiger partial charge in [-0.3, -0.25) is 4.79 Å². The highest BCUT2D eigenvalue weighted by atomic mass is 16.5. The van der Waals surface area contributed by atoms with Crippen LogP contribution in [0.2, 0.25) is 0 Å². The maximum Gasteiger partial charge on any atom is 0.241 e. The highest BCUT2D eigenvalue weighted by Gasteiger charge is 2.27. The molecule has 4 heteroatoms. The predicted molar refractivity (Wildman–Crippen MR) is 78.7 cm³/mol. The van der Waals surface area contributed by atoms with Gasteiger partial charge in [0.15, 0.2) is 0 Å². The molecule has 108 valence electrons. The molecular weight excluding hydrogens is 252 g/mol. The molecule has 3 unspecified atom stereocenters. The number of hydrogen-bond donors (Lipinski definition) is 2. The molecule has 0 bridgehead atoms. The maximum absolute atomic E-state index is 12.3. The lowest BCUT2D eigenvalue weighted by atomic mass is 10.0. The van der Waals surface area contributed by atoms with Crippen molar-refractivity contribution in [2.75, 3.05) is 18.5 Å². The van der Waals surface area contributed by atoms with Gasteiger partial charge in [-0.2, -0.15) is 0 Å². The van der Waals surface area contributed by atoms with E-state index in [1.807, 2.05) is 18.2 Å².